The fourth-order valence-electron chi connectivity index (χ4n) is 0.869. The van der Waals surface area contributed by atoms with Crippen molar-refractivity contribution in [3.63, 3.8) is 0 Å². The van der Waals surface area contributed by atoms with Crippen LogP contribution in [0.3, 0.4) is 0 Å². The van der Waals surface area contributed by atoms with Crippen molar-refractivity contribution in [2.45, 2.75) is 13.8 Å². The van der Waals surface area contributed by atoms with E-state index in [1.54, 1.807) is 13.8 Å². The van der Waals surface area contributed by atoms with Gasteiger partial charge in [0.15, 0.2) is 5.69 Å². The molecule has 0 aliphatic carbocycles. The van der Waals surface area contributed by atoms with Crippen LogP contribution in [0.1, 0.15) is 23.0 Å². The summed E-state index contributed by atoms with van der Waals surface area (Å²) in [5.74, 6) is -0.160. The van der Waals surface area contributed by atoms with E-state index in [1.807, 2.05) is 0 Å². The molecule has 1 rings (SSSR count). The number of nitrogens with two attached hydrogens (primary N) is 1. The van der Waals surface area contributed by atoms with Crippen molar-refractivity contribution >= 4 is 11.8 Å². The number of anilines is 1. The average molecular weight is 181 g/mol. The summed E-state index contributed by atoms with van der Waals surface area (Å²) in [6.07, 6.45) is 1.24. The minimum absolute atomic E-state index is 0.231. The Hall–Kier alpha value is -1.65. The Morgan fingerprint density at radius 3 is 2.92 bits per heavy atom. The predicted molar refractivity (Wildman–Crippen MR) is 47.1 cm³/mol. The molecule has 5 nitrogen and oxygen atoms in total. The molecule has 0 aliphatic heterocycles. The molecule has 0 bridgehead atoms. The second-order valence-electron chi connectivity index (χ2n) is 2.45. The first-order chi connectivity index (χ1) is 6.16. The van der Waals surface area contributed by atoms with E-state index in [4.69, 9.17) is 10.5 Å². The number of carbonyl (C=O) groups excluding carboxylic acids is 1. The molecular weight excluding hydrogens is 170 g/mol. The van der Waals surface area contributed by atoms with E-state index in [-0.39, 0.29) is 5.69 Å². The van der Waals surface area contributed by atoms with Crippen LogP contribution in [0.2, 0.25) is 0 Å². The van der Waals surface area contributed by atoms with Gasteiger partial charge in [-0.1, -0.05) is 0 Å². The molecule has 0 aromatic carbocycles. The molecule has 0 saturated carbocycles. The predicted octanol–water partition coefficient (Wildman–Crippen LogP) is 0.544. The Labute approximate surface area is 75.9 Å². The molecule has 1 aromatic rings. The van der Waals surface area contributed by atoms with E-state index in [0.29, 0.717) is 18.0 Å². The van der Waals surface area contributed by atoms with Gasteiger partial charge in [0.25, 0.3) is 0 Å². The number of rotatable bonds is 2. The molecule has 5 heteroatoms. The quantitative estimate of drug-likeness (QED) is 0.674. The maximum atomic E-state index is 11.2. The lowest BCUT2D eigenvalue weighted by molar-refractivity contribution is 0.0518. The second-order valence-corrected chi connectivity index (χ2v) is 2.45. The largest absolute Gasteiger partial charge is 0.461 e. The van der Waals surface area contributed by atoms with Crippen molar-refractivity contribution in [2.75, 3.05) is 12.3 Å². The Morgan fingerprint density at radius 2 is 2.31 bits per heavy atom. The van der Waals surface area contributed by atoms with Crippen LogP contribution in [-0.4, -0.2) is 22.5 Å². The third-order valence-electron chi connectivity index (χ3n) is 1.59. The fraction of sp³-hybridized carbons (Fsp3) is 0.375. The van der Waals surface area contributed by atoms with E-state index in [2.05, 4.69) is 9.97 Å². The van der Waals surface area contributed by atoms with Crippen LogP contribution >= 0.6 is 0 Å². The summed E-state index contributed by atoms with van der Waals surface area (Å²) in [6.45, 7) is 3.74. The zero-order chi connectivity index (χ0) is 9.84. The summed E-state index contributed by atoms with van der Waals surface area (Å²) in [6, 6.07) is 0. The van der Waals surface area contributed by atoms with Gasteiger partial charge in [-0.15, -0.1) is 0 Å². The number of aromatic nitrogens is 2. The minimum atomic E-state index is -0.464. The highest BCUT2D eigenvalue weighted by Gasteiger charge is 2.13. The first-order valence-electron chi connectivity index (χ1n) is 3.91. The molecule has 0 spiro atoms. The Balaban J connectivity index is 3.01. The van der Waals surface area contributed by atoms with E-state index < -0.39 is 5.97 Å². The van der Waals surface area contributed by atoms with Crippen molar-refractivity contribution in [3.05, 3.63) is 17.6 Å². The SMILES string of the molecule is CCOC(=O)c1ncnc(N)c1C. The lowest BCUT2D eigenvalue weighted by atomic mass is 10.2. The topological polar surface area (TPSA) is 78.1 Å². The van der Waals surface area contributed by atoms with Crippen molar-refractivity contribution in [1.82, 2.24) is 9.97 Å². The first kappa shape index (κ1) is 9.44. The van der Waals surface area contributed by atoms with Gasteiger partial charge in [0.1, 0.15) is 12.1 Å². The van der Waals surface area contributed by atoms with E-state index >= 15 is 0 Å². The second kappa shape index (κ2) is 3.84. The fourth-order valence-corrected chi connectivity index (χ4v) is 0.869. The molecule has 0 fully saturated rings. The number of ether oxygens (including phenoxy) is 1. The van der Waals surface area contributed by atoms with Crippen LogP contribution in [0.25, 0.3) is 0 Å². The molecule has 70 valence electrons. The van der Waals surface area contributed by atoms with Gasteiger partial charge in [0.2, 0.25) is 0 Å². The van der Waals surface area contributed by atoms with Crippen LogP contribution in [0.4, 0.5) is 5.82 Å². The first-order valence-corrected chi connectivity index (χ1v) is 3.91. The number of esters is 1. The summed E-state index contributed by atoms with van der Waals surface area (Å²) in [7, 11) is 0. The summed E-state index contributed by atoms with van der Waals surface area (Å²) in [5.41, 5.74) is 6.28. The van der Waals surface area contributed by atoms with Crippen molar-refractivity contribution in [1.29, 1.82) is 0 Å². The zero-order valence-electron chi connectivity index (χ0n) is 7.57. The molecule has 13 heavy (non-hydrogen) atoms. The van der Waals surface area contributed by atoms with Crippen LogP contribution in [-0.2, 0) is 4.74 Å². The summed E-state index contributed by atoms with van der Waals surface area (Å²) < 4.78 is 4.78. The average Bonchev–Trinajstić information content (AvgIpc) is 2.10. The number of carbonyl (C=O) groups is 1. The Morgan fingerprint density at radius 1 is 1.62 bits per heavy atom. The minimum Gasteiger partial charge on any atom is -0.461 e. The molecule has 2 N–H and O–H groups in total. The van der Waals surface area contributed by atoms with Crippen molar-refractivity contribution in [2.24, 2.45) is 0 Å². The maximum absolute atomic E-state index is 11.2. The lowest BCUT2D eigenvalue weighted by Gasteiger charge is -2.04. The summed E-state index contributed by atoms with van der Waals surface area (Å²) in [4.78, 5) is 18.8. The third kappa shape index (κ3) is 1.93. The van der Waals surface area contributed by atoms with Gasteiger partial charge in [-0.25, -0.2) is 14.8 Å². The number of nitrogen functional groups attached to an aromatic ring is 1. The van der Waals surface area contributed by atoms with Crippen LogP contribution < -0.4 is 5.73 Å². The van der Waals surface area contributed by atoms with E-state index in [9.17, 15) is 4.79 Å². The maximum Gasteiger partial charge on any atom is 0.357 e. The molecular formula is C8H11N3O2. The Bertz CT molecular complexity index is 325. The molecule has 0 amide bonds. The summed E-state index contributed by atoms with van der Waals surface area (Å²) >= 11 is 0. The van der Waals surface area contributed by atoms with Crippen LogP contribution in [0.15, 0.2) is 6.33 Å². The van der Waals surface area contributed by atoms with E-state index in [1.165, 1.54) is 6.33 Å². The van der Waals surface area contributed by atoms with Crippen LogP contribution in [0.5, 0.6) is 0 Å². The monoisotopic (exact) mass is 181 g/mol. The number of hydrogen-bond acceptors (Lipinski definition) is 5. The van der Waals surface area contributed by atoms with Gasteiger partial charge in [-0.05, 0) is 13.8 Å². The third-order valence-corrected chi connectivity index (χ3v) is 1.59. The standard InChI is InChI=1S/C8H11N3O2/c1-3-13-8(12)6-5(2)7(9)11-4-10-6/h4H,3H2,1-2H3,(H2,9,10,11). The highest BCUT2D eigenvalue weighted by Crippen LogP contribution is 2.10. The van der Waals surface area contributed by atoms with E-state index in [0.717, 1.165) is 0 Å². The normalized spacial score (nSPS) is 9.69. The van der Waals surface area contributed by atoms with Crippen molar-refractivity contribution < 1.29 is 9.53 Å². The molecule has 0 saturated heterocycles. The van der Waals surface area contributed by atoms with Gasteiger partial charge < -0.3 is 10.5 Å². The van der Waals surface area contributed by atoms with Crippen LogP contribution in [0, 0.1) is 6.92 Å². The van der Waals surface area contributed by atoms with Gasteiger partial charge in [0, 0.05) is 5.56 Å². The Kier molecular flexibility index (Phi) is 2.79. The molecule has 1 heterocycles. The molecule has 0 aliphatic rings. The van der Waals surface area contributed by atoms with Gasteiger partial charge in [-0.2, -0.15) is 0 Å². The van der Waals surface area contributed by atoms with Crippen molar-refractivity contribution in [3.8, 4) is 0 Å². The highest BCUT2D eigenvalue weighted by atomic mass is 16.5. The molecule has 0 unspecified atom stereocenters. The van der Waals surface area contributed by atoms with Gasteiger partial charge in [-0.3, -0.25) is 0 Å². The zero-order valence-corrected chi connectivity index (χ0v) is 7.57. The number of hydrogen-bond donors (Lipinski definition) is 1. The highest BCUT2D eigenvalue weighted by molar-refractivity contribution is 5.89. The van der Waals surface area contributed by atoms with Gasteiger partial charge in [0.05, 0.1) is 6.61 Å². The lowest BCUT2D eigenvalue weighted by Crippen LogP contribution is -2.11. The number of nitrogens with zero attached hydrogens (tertiary/aromatic N) is 2. The smallest absolute Gasteiger partial charge is 0.357 e. The molecule has 0 atom stereocenters. The van der Waals surface area contributed by atoms with Gasteiger partial charge >= 0.3 is 5.97 Å². The summed E-state index contributed by atoms with van der Waals surface area (Å²) in [5, 5.41) is 0. The molecule has 0 radical (unpaired) electrons. The molecule has 1 aromatic heterocycles.